The summed E-state index contributed by atoms with van der Waals surface area (Å²) >= 11 is 0. The van der Waals surface area contributed by atoms with Gasteiger partial charge in [-0.1, -0.05) is 42.5 Å². The van der Waals surface area contributed by atoms with Crippen molar-refractivity contribution in [1.29, 1.82) is 5.26 Å². The van der Waals surface area contributed by atoms with Crippen molar-refractivity contribution in [3.8, 4) is 40.8 Å². The molecule has 0 radical (unpaired) electrons. The smallest absolute Gasteiger partial charge is 0.347 e. The summed E-state index contributed by atoms with van der Waals surface area (Å²) in [6.07, 6.45) is -2.76. The van der Waals surface area contributed by atoms with Crippen molar-refractivity contribution < 1.29 is 47.2 Å². The lowest BCUT2D eigenvalue weighted by Gasteiger charge is -2.20. The average Bonchev–Trinajstić information content (AvgIpc) is 3.55. The number of pyridine rings is 1. The second kappa shape index (κ2) is 16.2. The number of nitriles is 1. The van der Waals surface area contributed by atoms with Crippen LogP contribution in [0.15, 0.2) is 77.8 Å². The molecule has 2 heterocycles. The molecule has 14 heteroatoms. The van der Waals surface area contributed by atoms with E-state index in [-0.39, 0.29) is 36.0 Å². The Morgan fingerprint density at radius 3 is 2.44 bits per heavy atom. The van der Waals surface area contributed by atoms with Gasteiger partial charge in [0.1, 0.15) is 18.2 Å². The molecular formula is C36H32F2N4O8. The van der Waals surface area contributed by atoms with E-state index in [0.29, 0.717) is 24.5 Å². The third-order valence-electron chi connectivity index (χ3n) is 7.29. The van der Waals surface area contributed by atoms with E-state index in [1.807, 2.05) is 48.3 Å². The van der Waals surface area contributed by atoms with Crippen LogP contribution in [-0.4, -0.2) is 65.6 Å². The van der Waals surface area contributed by atoms with Crippen molar-refractivity contribution in [2.75, 3.05) is 26.7 Å². The lowest BCUT2D eigenvalue weighted by atomic mass is 10.2. The van der Waals surface area contributed by atoms with E-state index in [2.05, 4.69) is 9.98 Å². The van der Waals surface area contributed by atoms with Gasteiger partial charge < -0.3 is 33.7 Å². The van der Waals surface area contributed by atoms with Crippen molar-refractivity contribution in [1.82, 2.24) is 9.88 Å². The van der Waals surface area contributed by atoms with Crippen LogP contribution in [0.2, 0.25) is 0 Å². The molecule has 1 N–H and O–H groups in total. The van der Waals surface area contributed by atoms with Gasteiger partial charge in [-0.15, -0.1) is 0 Å². The van der Waals surface area contributed by atoms with Crippen molar-refractivity contribution in [3.63, 3.8) is 0 Å². The first-order chi connectivity index (χ1) is 24.2. The molecule has 4 aromatic rings. The van der Waals surface area contributed by atoms with Crippen LogP contribution in [-0.2, 0) is 20.9 Å². The first-order valence-electron chi connectivity index (χ1n) is 15.5. The van der Waals surface area contributed by atoms with Crippen molar-refractivity contribution in [2.45, 2.75) is 32.5 Å². The molecule has 3 aromatic carbocycles. The minimum atomic E-state index is -1.72. The Kier molecular flexibility index (Phi) is 11.4. The minimum absolute atomic E-state index is 0.0900. The number of aliphatic imine (C=N–C) groups is 1. The van der Waals surface area contributed by atoms with E-state index in [1.165, 1.54) is 31.2 Å². The van der Waals surface area contributed by atoms with Gasteiger partial charge in [0.15, 0.2) is 17.6 Å². The summed E-state index contributed by atoms with van der Waals surface area (Å²) in [6, 6.07) is 21.9. The fourth-order valence-electron chi connectivity index (χ4n) is 4.85. The number of aromatic nitrogens is 1. The number of carbonyl (C=O) groups is 2. The summed E-state index contributed by atoms with van der Waals surface area (Å²) in [7, 11) is 1.87. The number of likely N-dealkylation sites (N-methyl/N-ethyl adjacent to an activating group) is 1. The Morgan fingerprint density at radius 2 is 1.76 bits per heavy atom. The number of carboxylic acids is 1. The molecule has 12 nitrogen and oxygen atoms in total. The number of carboxylic acid groups (broad SMARTS) is 1. The number of hydrogen-bond acceptors (Lipinski definition) is 11. The van der Waals surface area contributed by atoms with Gasteiger partial charge in [-0.3, -0.25) is 9.79 Å². The van der Waals surface area contributed by atoms with Gasteiger partial charge in [-0.05, 0) is 36.8 Å². The standard InChI is InChI=1S/C36H32F2N4O8/c1-3-46-36(45)27(14-15-29(43)44)49-32-30(37)34(48-25-11-7-10-24(19-25)33-40-16-17-42(33)2)41-35(31(32)38)50-28-18-23(20-39)12-13-26(28)47-21-22-8-5-4-6-9-22/h4-13,18-19,27H,3,14-17,21H2,1-2H3,(H,43,44). The highest BCUT2D eigenvalue weighted by Crippen LogP contribution is 2.41. The zero-order valence-electron chi connectivity index (χ0n) is 27.1. The largest absolute Gasteiger partial charge is 0.485 e. The van der Waals surface area contributed by atoms with E-state index in [0.717, 1.165) is 5.56 Å². The summed E-state index contributed by atoms with van der Waals surface area (Å²) in [5.41, 5.74) is 1.61. The third kappa shape index (κ3) is 8.62. The molecule has 1 aromatic heterocycles. The highest BCUT2D eigenvalue weighted by Gasteiger charge is 2.31. The normalized spacial score (nSPS) is 12.8. The molecule has 0 amide bonds. The third-order valence-corrected chi connectivity index (χ3v) is 7.29. The quantitative estimate of drug-likeness (QED) is 0.141. The van der Waals surface area contributed by atoms with Crippen molar-refractivity contribution >= 4 is 17.8 Å². The molecule has 0 aliphatic carbocycles. The van der Waals surface area contributed by atoms with Crippen LogP contribution in [0, 0.1) is 23.0 Å². The van der Waals surface area contributed by atoms with Gasteiger partial charge in [-0.2, -0.15) is 19.0 Å². The molecule has 1 unspecified atom stereocenters. The molecule has 1 atom stereocenters. The average molecular weight is 687 g/mol. The highest BCUT2D eigenvalue weighted by molar-refractivity contribution is 5.99. The Labute approximate surface area is 286 Å². The van der Waals surface area contributed by atoms with E-state index in [1.54, 1.807) is 18.2 Å². The van der Waals surface area contributed by atoms with E-state index >= 15 is 8.78 Å². The van der Waals surface area contributed by atoms with Crippen molar-refractivity contribution in [2.24, 2.45) is 4.99 Å². The predicted octanol–water partition coefficient (Wildman–Crippen LogP) is 6.26. The Bertz CT molecular complexity index is 1930. The Balaban J connectivity index is 1.56. The van der Waals surface area contributed by atoms with Gasteiger partial charge in [0, 0.05) is 38.1 Å². The molecule has 50 heavy (non-hydrogen) atoms. The second-order valence-electron chi connectivity index (χ2n) is 10.9. The highest BCUT2D eigenvalue weighted by atomic mass is 19.1. The maximum absolute atomic E-state index is 16.2. The first kappa shape index (κ1) is 35.1. The summed E-state index contributed by atoms with van der Waals surface area (Å²) in [5, 5.41) is 18.8. The van der Waals surface area contributed by atoms with Gasteiger partial charge in [-0.25, -0.2) is 4.79 Å². The maximum Gasteiger partial charge on any atom is 0.347 e. The van der Waals surface area contributed by atoms with E-state index in [9.17, 15) is 20.0 Å². The fraction of sp³-hybridized carbons (Fsp3) is 0.250. The summed E-state index contributed by atoms with van der Waals surface area (Å²) < 4.78 is 60.4. The van der Waals surface area contributed by atoms with Crippen LogP contribution in [0.5, 0.6) is 34.8 Å². The van der Waals surface area contributed by atoms with Crippen LogP contribution < -0.4 is 18.9 Å². The molecule has 1 aliphatic rings. The zero-order chi connectivity index (χ0) is 35.6. The summed E-state index contributed by atoms with van der Waals surface area (Å²) in [4.78, 5) is 34.4. The Morgan fingerprint density at radius 1 is 1.00 bits per heavy atom. The number of esters is 1. The molecule has 0 saturated carbocycles. The minimum Gasteiger partial charge on any atom is -0.485 e. The van der Waals surface area contributed by atoms with Gasteiger partial charge in [0.2, 0.25) is 17.4 Å². The molecule has 0 spiro atoms. The van der Waals surface area contributed by atoms with Crippen LogP contribution in [0.1, 0.15) is 36.5 Å². The number of carbonyl (C=O) groups excluding carboxylic acids is 1. The van der Waals surface area contributed by atoms with Crippen LogP contribution in [0.4, 0.5) is 8.78 Å². The number of benzene rings is 3. The van der Waals surface area contributed by atoms with E-state index in [4.69, 9.17) is 23.7 Å². The summed E-state index contributed by atoms with van der Waals surface area (Å²) in [5.74, 6) is -7.27. The second-order valence-corrected chi connectivity index (χ2v) is 10.9. The molecule has 5 rings (SSSR count). The van der Waals surface area contributed by atoms with Gasteiger partial charge in [0.25, 0.3) is 11.8 Å². The van der Waals surface area contributed by atoms with Crippen molar-refractivity contribution in [3.05, 3.63) is 101 Å². The lowest BCUT2D eigenvalue weighted by Crippen LogP contribution is -2.31. The maximum atomic E-state index is 16.2. The first-order valence-corrected chi connectivity index (χ1v) is 15.5. The Hall–Kier alpha value is -6.23. The van der Waals surface area contributed by atoms with Gasteiger partial charge >= 0.3 is 11.9 Å². The predicted molar refractivity (Wildman–Crippen MR) is 175 cm³/mol. The molecule has 258 valence electrons. The van der Waals surface area contributed by atoms with Crippen LogP contribution >= 0.6 is 0 Å². The zero-order valence-corrected chi connectivity index (χ0v) is 27.1. The molecule has 0 bridgehead atoms. The lowest BCUT2D eigenvalue weighted by molar-refractivity contribution is -0.152. The number of rotatable bonds is 15. The van der Waals surface area contributed by atoms with Gasteiger partial charge in [0.05, 0.1) is 24.8 Å². The molecule has 1 aliphatic heterocycles. The number of ether oxygens (including phenoxy) is 5. The monoisotopic (exact) mass is 686 g/mol. The van der Waals surface area contributed by atoms with Crippen LogP contribution in [0.25, 0.3) is 0 Å². The SMILES string of the molecule is CCOC(=O)C(CCC(=O)O)Oc1c(F)c(Oc2cccc(C3=NCCN3C)c2)nc(Oc2cc(C#N)ccc2OCc2ccccc2)c1F. The fourth-order valence-corrected chi connectivity index (χ4v) is 4.85. The topological polar surface area (TPSA) is 153 Å². The molecule has 0 fully saturated rings. The molecule has 0 saturated heterocycles. The number of hydrogen-bond donors (Lipinski definition) is 1. The number of aliphatic carboxylic acids is 1. The number of amidine groups is 1. The number of nitrogens with zero attached hydrogens (tertiary/aromatic N) is 4. The summed E-state index contributed by atoms with van der Waals surface area (Å²) in [6.45, 7) is 2.80. The van der Waals surface area contributed by atoms with Crippen LogP contribution in [0.3, 0.4) is 0 Å². The molecular weight excluding hydrogens is 654 g/mol. The van der Waals surface area contributed by atoms with E-state index < -0.39 is 60.0 Å². The number of halogens is 2.